The summed E-state index contributed by atoms with van der Waals surface area (Å²) in [4.78, 5) is 36.0. The predicted molar refractivity (Wildman–Crippen MR) is 117 cm³/mol. The zero-order chi connectivity index (χ0) is 22.6. The molecule has 2 aromatic rings. The third-order valence-corrected chi connectivity index (χ3v) is 4.76. The Morgan fingerprint density at radius 3 is 2.45 bits per heavy atom. The summed E-state index contributed by atoms with van der Waals surface area (Å²) in [5.74, 6) is -1.14. The lowest BCUT2D eigenvalue weighted by Gasteiger charge is -2.18. The second-order valence-electron chi connectivity index (χ2n) is 6.78. The SMILES string of the molecule is COC(=O)[C@@H](Cc1cccc(Br)c1)NC(=O)C[C@H](O)CNC(=O)OCc1ccccc1. The number of amides is 2. The van der Waals surface area contributed by atoms with Gasteiger partial charge in [0.05, 0.1) is 19.6 Å². The first-order chi connectivity index (χ1) is 14.9. The number of hydrogen-bond donors (Lipinski definition) is 3. The molecule has 2 aromatic carbocycles. The molecule has 0 saturated heterocycles. The maximum absolute atomic E-state index is 12.3. The van der Waals surface area contributed by atoms with E-state index in [1.165, 1.54) is 7.11 Å². The Kier molecular flexibility index (Phi) is 9.99. The first-order valence-corrected chi connectivity index (χ1v) is 10.4. The summed E-state index contributed by atoms with van der Waals surface area (Å²) in [6, 6.07) is 15.6. The highest BCUT2D eigenvalue weighted by molar-refractivity contribution is 9.10. The number of aliphatic hydroxyl groups excluding tert-OH is 1. The molecule has 8 nitrogen and oxygen atoms in total. The third kappa shape index (κ3) is 9.18. The second-order valence-corrected chi connectivity index (χ2v) is 7.69. The molecular formula is C22H25BrN2O6. The Bertz CT molecular complexity index is 877. The fourth-order valence-electron chi connectivity index (χ4n) is 2.75. The highest BCUT2D eigenvalue weighted by Gasteiger charge is 2.23. The van der Waals surface area contributed by atoms with Crippen molar-refractivity contribution >= 4 is 33.9 Å². The van der Waals surface area contributed by atoms with E-state index in [1.807, 2.05) is 54.6 Å². The Morgan fingerprint density at radius 2 is 1.77 bits per heavy atom. The van der Waals surface area contributed by atoms with Gasteiger partial charge in [-0.05, 0) is 23.3 Å². The molecule has 2 rings (SSSR count). The Hall–Kier alpha value is -2.91. The van der Waals surface area contributed by atoms with E-state index >= 15 is 0 Å². The molecule has 0 heterocycles. The number of hydrogen-bond acceptors (Lipinski definition) is 6. The van der Waals surface area contributed by atoms with Gasteiger partial charge in [0.1, 0.15) is 12.6 Å². The van der Waals surface area contributed by atoms with Crippen LogP contribution in [0.5, 0.6) is 0 Å². The molecule has 9 heteroatoms. The van der Waals surface area contributed by atoms with E-state index in [0.717, 1.165) is 15.6 Å². The van der Waals surface area contributed by atoms with Crippen LogP contribution in [-0.2, 0) is 32.1 Å². The van der Waals surface area contributed by atoms with Gasteiger partial charge in [-0.25, -0.2) is 9.59 Å². The van der Waals surface area contributed by atoms with Crippen LogP contribution in [0.4, 0.5) is 4.79 Å². The lowest BCUT2D eigenvalue weighted by molar-refractivity contribution is -0.145. The number of nitrogens with one attached hydrogen (secondary N) is 2. The van der Waals surface area contributed by atoms with Gasteiger partial charge in [0.25, 0.3) is 0 Å². The topological polar surface area (TPSA) is 114 Å². The van der Waals surface area contributed by atoms with Gasteiger partial charge >= 0.3 is 12.1 Å². The molecule has 0 aliphatic rings. The van der Waals surface area contributed by atoms with Gasteiger partial charge in [-0.15, -0.1) is 0 Å². The maximum Gasteiger partial charge on any atom is 0.407 e. The van der Waals surface area contributed by atoms with Crippen molar-refractivity contribution < 1.29 is 29.0 Å². The average Bonchev–Trinajstić information content (AvgIpc) is 2.76. The zero-order valence-electron chi connectivity index (χ0n) is 17.0. The van der Waals surface area contributed by atoms with E-state index < -0.39 is 30.1 Å². The van der Waals surface area contributed by atoms with Crippen molar-refractivity contribution in [2.24, 2.45) is 0 Å². The Labute approximate surface area is 189 Å². The summed E-state index contributed by atoms with van der Waals surface area (Å²) in [6.07, 6.45) is -1.91. The second kappa shape index (κ2) is 12.7. The van der Waals surface area contributed by atoms with E-state index in [2.05, 4.69) is 26.6 Å². The molecule has 0 aliphatic heterocycles. The number of carbonyl (C=O) groups excluding carboxylic acids is 3. The van der Waals surface area contributed by atoms with Crippen LogP contribution in [0.25, 0.3) is 0 Å². The molecule has 0 aromatic heterocycles. The fraction of sp³-hybridized carbons (Fsp3) is 0.318. The number of esters is 1. The van der Waals surface area contributed by atoms with Gasteiger partial charge in [-0.3, -0.25) is 4.79 Å². The maximum atomic E-state index is 12.3. The molecule has 2 atom stereocenters. The minimum atomic E-state index is -1.14. The highest BCUT2D eigenvalue weighted by atomic mass is 79.9. The highest BCUT2D eigenvalue weighted by Crippen LogP contribution is 2.13. The van der Waals surface area contributed by atoms with Gasteiger partial charge in [0.2, 0.25) is 5.91 Å². The first-order valence-electron chi connectivity index (χ1n) is 9.61. The van der Waals surface area contributed by atoms with Crippen molar-refractivity contribution in [1.29, 1.82) is 0 Å². The van der Waals surface area contributed by atoms with Crippen molar-refractivity contribution in [3.8, 4) is 0 Å². The van der Waals surface area contributed by atoms with Crippen LogP contribution in [0, 0.1) is 0 Å². The summed E-state index contributed by atoms with van der Waals surface area (Å²) in [7, 11) is 1.24. The standard InChI is InChI=1S/C22H25BrN2O6/c1-30-21(28)19(11-16-8-5-9-17(23)10-16)25-20(27)12-18(26)13-24-22(29)31-14-15-6-3-2-4-7-15/h2-10,18-19,26H,11-14H2,1H3,(H,24,29)(H,25,27)/t18-,19+/m0/s1. The van der Waals surface area contributed by atoms with Crippen LogP contribution in [0.2, 0.25) is 0 Å². The number of carbonyl (C=O) groups is 3. The molecule has 3 N–H and O–H groups in total. The van der Waals surface area contributed by atoms with Crippen LogP contribution >= 0.6 is 15.9 Å². The normalized spacial score (nSPS) is 12.4. The molecule has 166 valence electrons. The number of halogens is 1. The Morgan fingerprint density at radius 1 is 1.06 bits per heavy atom. The van der Waals surface area contributed by atoms with Crippen molar-refractivity contribution in [2.45, 2.75) is 31.6 Å². The number of ether oxygens (including phenoxy) is 2. The third-order valence-electron chi connectivity index (χ3n) is 4.27. The van der Waals surface area contributed by atoms with E-state index in [-0.39, 0.29) is 26.0 Å². The molecule has 0 saturated carbocycles. The average molecular weight is 493 g/mol. The lowest BCUT2D eigenvalue weighted by atomic mass is 10.1. The van der Waals surface area contributed by atoms with Crippen LogP contribution in [-0.4, -0.2) is 48.9 Å². The molecule has 0 bridgehead atoms. The van der Waals surface area contributed by atoms with Gasteiger partial charge in [-0.1, -0.05) is 58.4 Å². The molecule has 31 heavy (non-hydrogen) atoms. The molecule has 0 unspecified atom stereocenters. The minimum Gasteiger partial charge on any atom is -0.467 e. The molecule has 0 spiro atoms. The fourth-order valence-corrected chi connectivity index (χ4v) is 3.20. The number of aliphatic hydroxyl groups is 1. The largest absolute Gasteiger partial charge is 0.467 e. The van der Waals surface area contributed by atoms with Crippen molar-refractivity contribution in [1.82, 2.24) is 10.6 Å². The summed E-state index contributed by atoms with van der Waals surface area (Å²) < 4.78 is 10.7. The Balaban J connectivity index is 1.77. The van der Waals surface area contributed by atoms with Gasteiger partial charge in [0, 0.05) is 17.4 Å². The molecule has 0 radical (unpaired) electrons. The quantitative estimate of drug-likeness (QED) is 0.438. The summed E-state index contributed by atoms with van der Waals surface area (Å²) in [5, 5.41) is 15.0. The summed E-state index contributed by atoms with van der Waals surface area (Å²) >= 11 is 3.36. The molecule has 0 fully saturated rings. The van der Waals surface area contributed by atoms with E-state index in [9.17, 15) is 19.5 Å². The number of rotatable bonds is 10. The predicted octanol–water partition coefficient (Wildman–Crippen LogP) is 2.33. The number of benzene rings is 2. The van der Waals surface area contributed by atoms with Crippen molar-refractivity contribution in [3.63, 3.8) is 0 Å². The number of methoxy groups -OCH3 is 1. The van der Waals surface area contributed by atoms with Gasteiger partial charge in [-0.2, -0.15) is 0 Å². The van der Waals surface area contributed by atoms with Gasteiger partial charge in [0.15, 0.2) is 0 Å². The van der Waals surface area contributed by atoms with Crippen molar-refractivity contribution in [3.05, 3.63) is 70.2 Å². The zero-order valence-corrected chi connectivity index (χ0v) is 18.6. The molecular weight excluding hydrogens is 468 g/mol. The van der Waals surface area contributed by atoms with E-state index in [1.54, 1.807) is 0 Å². The minimum absolute atomic E-state index is 0.0969. The van der Waals surface area contributed by atoms with E-state index in [0.29, 0.717) is 0 Å². The van der Waals surface area contributed by atoms with Crippen molar-refractivity contribution in [2.75, 3.05) is 13.7 Å². The lowest BCUT2D eigenvalue weighted by Crippen LogP contribution is -2.45. The summed E-state index contributed by atoms with van der Waals surface area (Å²) in [5.41, 5.74) is 1.66. The summed E-state index contributed by atoms with van der Waals surface area (Å²) in [6.45, 7) is -0.0742. The van der Waals surface area contributed by atoms with Crippen LogP contribution in [0.15, 0.2) is 59.1 Å². The van der Waals surface area contributed by atoms with Crippen LogP contribution in [0.3, 0.4) is 0 Å². The smallest absolute Gasteiger partial charge is 0.407 e. The molecule has 2 amide bonds. The first kappa shape index (κ1) is 24.4. The van der Waals surface area contributed by atoms with Crippen LogP contribution in [0.1, 0.15) is 17.5 Å². The molecule has 0 aliphatic carbocycles. The van der Waals surface area contributed by atoms with E-state index in [4.69, 9.17) is 9.47 Å². The number of alkyl carbamates (subject to hydrolysis) is 1. The van der Waals surface area contributed by atoms with Crippen LogP contribution < -0.4 is 10.6 Å². The monoisotopic (exact) mass is 492 g/mol. The van der Waals surface area contributed by atoms with Gasteiger partial charge < -0.3 is 25.2 Å².